The molecule has 0 N–H and O–H groups in total. The molecule has 2 aromatic carbocycles. The lowest BCUT2D eigenvalue weighted by molar-refractivity contribution is 0.0854. The Morgan fingerprint density at radius 1 is 1.00 bits per heavy atom. The highest BCUT2D eigenvalue weighted by molar-refractivity contribution is 6.18. The zero-order chi connectivity index (χ0) is 23.4. The molecule has 0 saturated heterocycles. The quantitative estimate of drug-likeness (QED) is 0.589. The fraction of sp³-hybridized carbons (Fsp3) is 0.370. The normalized spacial score (nSPS) is 20.8. The smallest absolute Gasteiger partial charge is 0.280 e. The van der Waals surface area contributed by atoms with E-state index in [1.54, 1.807) is 4.90 Å². The molecule has 6 rings (SSSR count). The van der Waals surface area contributed by atoms with Crippen molar-refractivity contribution in [3.63, 3.8) is 0 Å². The third-order valence-electron chi connectivity index (χ3n) is 7.33. The number of nitrogens with zero attached hydrogens (tertiary/aromatic N) is 6. The Morgan fingerprint density at radius 2 is 1.76 bits per heavy atom. The lowest BCUT2D eigenvalue weighted by atomic mass is 10.1. The van der Waals surface area contributed by atoms with Gasteiger partial charge in [0.1, 0.15) is 5.82 Å². The maximum Gasteiger partial charge on any atom is 0.280 e. The summed E-state index contributed by atoms with van der Waals surface area (Å²) < 4.78 is 2.13. The summed E-state index contributed by atoms with van der Waals surface area (Å²) in [6.45, 7) is 0.613. The first-order valence-corrected chi connectivity index (χ1v) is 12.1. The second kappa shape index (κ2) is 8.01. The van der Waals surface area contributed by atoms with Crippen LogP contribution in [0.5, 0.6) is 0 Å². The van der Waals surface area contributed by atoms with Gasteiger partial charge in [0, 0.05) is 39.8 Å². The summed E-state index contributed by atoms with van der Waals surface area (Å²) in [5, 5.41) is 0. The lowest BCUT2D eigenvalue weighted by Gasteiger charge is -2.34. The van der Waals surface area contributed by atoms with Crippen LogP contribution in [0, 0.1) is 0 Å². The summed E-state index contributed by atoms with van der Waals surface area (Å²) in [6.07, 6.45) is 4.01. The topological polar surface area (TPSA) is 57.0 Å². The van der Waals surface area contributed by atoms with Gasteiger partial charge in [-0.15, -0.1) is 0 Å². The van der Waals surface area contributed by atoms with Crippen molar-refractivity contribution in [1.82, 2.24) is 14.5 Å². The van der Waals surface area contributed by atoms with Crippen molar-refractivity contribution in [2.75, 3.05) is 30.9 Å². The van der Waals surface area contributed by atoms with Gasteiger partial charge in [0.25, 0.3) is 5.91 Å². The Labute approximate surface area is 200 Å². The molecule has 0 radical (unpaired) electrons. The predicted molar refractivity (Wildman–Crippen MR) is 135 cm³/mol. The number of aliphatic imine (C=N–C) groups is 1. The molecule has 3 aliphatic rings. The van der Waals surface area contributed by atoms with E-state index < -0.39 is 0 Å². The molecule has 1 aromatic heterocycles. The van der Waals surface area contributed by atoms with Gasteiger partial charge in [-0.05, 0) is 42.5 Å². The van der Waals surface area contributed by atoms with Gasteiger partial charge in [-0.1, -0.05) is 42.5 Å². The Morgan fingerprint density at radius 3 is 2.50 bits per heavy atom. The minimum absolute atomic E-state index is 0.0254. The zero-order valence-corrected chi connectivity index (χ0v) is 20.0. The highest BCUT2D eigenvalue weighted by atomic mass is 16.2. The fourth-order valence-electron chi connectivity index (χ4n) is 5.51. The van der Waals surface area contributed by atoms with Gasteiger partial charge < -0.3 is 9.47 Å². The minimum Gasteiger partial charge on any atom is -0.378 e. The maximum absolute atomic E-state index is 13.6. The monoisotopic (exact) mass is 454 g/mol. The van der Waals surface area contributed by atoms with Crippen LogP contribution in [0.25, 0.3) is 0 Å². The summed E-state index contributed by atoms with van der Waals surface area (Å²) in [5.74, 6) is 2.43. The van der Waals surface area contributed by atoms with Gasteiger partial charge in [0.2, 0.25) is 5.96 Å². The lowest BCUT2D eigenvalue weighted by Crippen LogP contribution is -2.51. The number of amides is 1. The van der Waals surface area contributed by atoms with Crippen LogP contribution >= 0.6 is 0 Å². The Kier molecular flexibility index (Phi) is 4.94. The van der Waals surface area contributed by atoms with E-state index in [4.69, 9.17) is 9.98 Å². The molecule has 1 fully saturated rings. The number of guanidine groups is 1. The van der Waals surface area contributed by atoms with Gasteiger partial charge in [0.05, 0.1) is 12.1 Å². The number of hydrogen-bond donors (Lipinski definition) is 0. The largest absolute Gasteiger partial charge is 0.378 e. The first-order valence-electron chi connectivity index (χ1n) is 12.1. The van der Waals surface area contributed by atoms with Gasteiger partial charge in [-0.25, -0.2) is 9.98 Å². The van der Waals surface area contributed by atoms with Crippen LogP contribution in [-0.2, 0) is 13.0 Å². The van der Waals surface area contributed by atoms with Crippen molar-refractivity contribution in [3.8, 4) is 0 Å². The van der Waals surface area contributed by atoms with E-state index in [9.17, 15) is 4.79 Å². The van der Waals surface area contributed by atoms with E-state index >= 15 is 0 Å². The molecular weight excluding hydrogens is 424 g/mol. The second-order valence-corrected chi connectivity index (χ2v) is 9.74. The number of hydrogen-bond acceptors (Lipinski definition) is 5. The summed E-state index contributed by atoms with van der Waals surface area (Å²) in [7, 11) is 5.93. The molecule has 1 amide bonds. The summed E-state index contributed by atoms with van der Waals surface area (Å²) >= 11 is 0. The van der Waals surface area contributed by atoms with Crippen molar-refractivity contribution in [2.24, 2.45) is 4.99 Å². The number of carbonyl (C=O) groups excluding carboxylic acids is 1. The van der Waals surface area contributed by atoms with Crippen LogP contribution in [0.3, 0.4) is 0 Å². The van der Waals surface area contributed by atoms with Gasteiger partial charge in [0.15, 0.2) is 11.5 Å². The van der Waals surface area contributed by atoms with E-state index in [1.165, 1.54) is 12.0 Å². The van der Waals surface area contributed by atoms with E-state index in [0.717, 1.165) is 41.7 Å². The van der Waals surface area contributed by atoms with Gasteiger partial charge in [-0.3, -0.25) is 14.6 Å². The van der Waals surface area contributed by atoms with Crippen LogP contribution in [0.2, 0.25) is 0 Å². The number of aromatic nitrogens is 2. The molecule has 7 heteroatoms. The van der Waals surface area contributed by atoms with Crippen LogP contribution in [0.1, 0.15) is 46.7 Å². The van der Waals surface area contributed by atoms with E-state index in [1.807, 2.05) is 39.3 Å². The molecule has 2 atom stereocenters. The van der Waals surface area contributed by atoms with Gasteiger partial charge >= 0.3 is 0 Å². The number of imidazole rings is 1. The third kappa shape index (κ3) is 3.30. The van der Waals surface area contributed by atoms with Crippen molar-refractivity contribution < 1.29 is 4.79 Å². The van der Waals surface area contributed by atoms with E-state index in [-0.39, 0.29) is 11.9 Å². The molecule has 7 nitrogen and oxygen atoms in total. The number of rotatable bonds is 5. The molecule has 174 valence electrons. The molecule has 0 spiro atoms. The van der Waals surface area contributed by atoms with Crippen LogP contribution in [0.4, 0.5) is 11.5 Å². The summed E-state index contributed by atoms with van der Waals surface area (Å²) in [4.78, 5) is 29.8. The van der Waals surface area contributed by atoms with Crippen LogP contribution < -0.4 is 9.80 Å². The van der Waals surface area contributed by atoms with Crippen molar-refractivity contribution in [3.05, 3.63) is 77.2 Å². The first kappa shape index (κ1) is 21.0. The maximum atomic E-state index is 13.6. The molecule has 0 unspecified atom stereocenters. The molecule has 0 bridgehead atoms. The van der Waals surface area contributed by atoms with Crippen molar-refractivity contribution in [2.45, 2.75) is 44.3 Å². The number of carbonyl (C=O) groups is 1. The summed E-state index contributed by atoms with van der Waals surface area (Å²) in [5.41, 5.74) is 4.18. The number of anilines is 2. The Balaban J connectivity index is 1.46. The van der Waals surface area contributed by atoms with Crippen LogP contribution in [0.15, 0.2) is 59.6 Å². The standard InChI is InChI=1S/C27H30N6O/c1-30(2)20-14-12-18(13-15-20)16-23-29-25-24(32(23)17-19-8-5-4-6-9-19)26(34)31(3)27-28-21-10-7-11-22(21)33(25)27/h4-6,8-9,12-15,21-22H,7,10-11,16-17H2,1-3H3/t21-,22+/m1/s1. The Hall–Kier alpha value is -3.61. The van der Waals surface area contributed by atoms with E-state index in [0.29, 0.717) is 24.7 Å². The highest BCUT2D eigenvalue weighted by Crippen LogP contribution is 2.40. The third-order valence-corrected chi connectivity index (χ3v) is 7.33. The molecule has 34 heavy (non-hydrogen) atoms. The van der Waals surface area contributed by atoms with Gasteiger partial charge in [-0.2, -0.15) is 0 Å². The molecule has 3 aromatic rings. The number of fused-ring (bicyclic) bond motifs is 5. The SMILES string of the molecule is CN1C(=O)c2c(nc(Cc3ccc(N(C)C)cc3)n2Cc2ccccc2)N2C1=N[C@@H]1CCC[C@@H]12. The van der Waals surface area contributed by atoms with Crippen LogP contribution in [-0.4, -0.2) is 59.5 Å². The highest BCUT2D eigenvalue weighted by Gasteiger charge is 2.49. The predicted octanol–water partition coefficient (Wildman–Crippen LogP) is 3.77. The first-order chi connectivity index (χ1) is 16.5. The Bertz CT molecular complexity index is 1260. The molecular formula is C27H30N6O. The fourth-order valence-corrected chi connectivity index (χ4v) is 5.51. The molecule has 3 heterocycles. The average molecular weight is 455 g/mol. The second-order valence-electron chi connectivity index (χ2n) is 9.74. The van der Waals surface area contributed by atoms with E-state index in [2.05, 4.69) is 50.8 Å². The minimum atomic E-state index is -0.0254. The molecule has 2 aliphatic heterocycles. The van der Waals surface area contributed by atoms with Crippen molar-refractivity contribution in [1.29, 1.82) is 0 Å². The molecule has 1 saturated carbocycles. The summed E-state index contributed by atoms with van der Waals surface area (Å²) in [6, 6.07) is 19.4. The zero-order valence-electron chi connectivity index (χ0n) is 20.0. The van der Waals surface area contributed by atoms with Crippen molar-refractivity contribution >= 4 is 23.4 Å². The number of benzene rings is 2. The average Bonchev–Trinajstić information content (AvgIpc) is 3.52. The molecule has 1 aliphatic carbocycles.